The number of rotatable bonds is 7. The molecule has 7 heteroatoms. The molecule has 1 heterocycles. The SMILES string of the molecule is O=S(=O)(NCCNC1CCCCCC1)c1ccccc1-c1ccno1. The van der Waals surface area contributed by atoms with E-state index in [1.54, 1.807) is 30.3 Å². The number of nitrogens with one attached hydrogen (secondary N) is 2. The molecule has 0 atom stereocenters. The highest BCUT2D eigenvalue weighted by Gasteiger charge is 2.20. The molecule has 1 aromatic carbocycles. The van der Waals surface area contributed by atoms with E-state index in [0.717, 1.165) is 0 Å². The summed E-state index contributed by atoms with van der Waals surface area (Å²) >= 11 is 0. The standard InChI is InChI=1S/C18H25N3O3S/c22-25(23,21-14-13-19-15-7-3-1-2-4-8-15)18-10-6-5-9-16(18)17-11-12-20-24-17/h5-6,9-12,15,19,21H,1-4,7-8,13-14H2. The van der Waals surface area contributed by atoms with Crippen LogP contribution in [-0.4, -0.2) is 32.7 Å². The highest BCUT2D eigenvalue weighted by Crippen LogP contribution is 2.26. The Labute approximate surface area is 149 Å². The molecule has 0 radical (unpaired) electrons. The third-order valence-electron chi connectivity index (χ3n) is 4.59. The van der Waals surface area contributed by atoms with Crippen molar-refractivity contribution in [3.05, 3.63) is 36.5 Å². The first kappa shape index (κ1) is 18.1. The first-order chi connectivity index (χ1) is 12.2. The van der Waals surface area contributed by atoms with Gasteiger partial charge in [0.05, 0.1) is 11.1 Å². The monoisotopic (exact) mass is 363 g/mol. The van der Waals surface area contributed by atoms with Crippen molar-refractivity contribution in [2.45, 2.75) is 49.5 Å². The quantitative estimate of drug-likeness (QED) is 0.584. The molecule has 0 bridgehead atoms. The van der Waals surface area contributed by atoms with Crippen LogP contribution in [0, 0.1) is 0 Å². The van der Waals surface area contributed by atoms with E-state index >= 15 is 0 Å². The highest BCUT2D eigenvalue weighted by molar-refractivity contribution is 7.89. The van der Waals surface area contributed by atoms with Crippen molar-refractivity contribution in [2.24, 2.45) is 0 Å². The Balaban J connectivity index is 1.59. The number of hydrogen-bond acceptors (Lipinski definition) is 5. The van der Waals surface area contributed by atoms with E-state index in [0.29, 0.717) is 30.5 Å². The highest BCUT2D eigenvalue weighted by atomic mass is 32.2. The van der Waals surface area contributed by atoms with Gasteiger partial charge in [-0.2, -0.15) is 0 Å². The van der Waals surface area contributed by atoms with Gasteiger partial charge in [0.1, 0.15) is 0 Å². The Morgan fingerprint density at radius 1 is 1.04 bits per heavy atom. The van der Waals surface area contributed by atoms with Gasteiger partial charge in [-0.3, -0.25) is 0 Å². The molecule has 136 valence electrons. The van der Waals surface area contributed by atoms with E-state index in [4.69, 9.17) is 4.52 Å². The topological polar surface area (TPSA) is 84.2 Å². The molecule has 1 aliphatic carbocycles. The summed E-state index contributed by atoms with van der Waals surface area (Å²) in [5.41, 5.74) is 0.518. The first-order valence-electron chi connectivity index (χ1n) is 8.90. The molecule has 25 heavy (non-hydrogen) atoms. The fraction of sp³-hybridized carbons (Fsp3) is 0.500. The molecular weight excluding hydrogens is 338 g/mol. The van der Waals surface area contributed by atoms with Crippen LogP contribution in [-0.2, 0) is 10.0 Å². The Morgan fingerprint density at radius 2 is 1.80 bits per heavy atom. The number of nitrogens with zero attached hydrogens (tertiary/aromatic N) is 1. The number of aromatic nitrogens is 1. The zero-order chi connectivity index (χ0) is 17.5. The zero-order valence-electron chi connectivity index (χ0n) is 14.3. The molecule has 3 rings (SSSR count). The lowest BCUT2D eigenvalue weighted by atomic mass is 10.1. The molecule has 0 spiro atoms. The van der Waals surface area contributed by atoms with Gasteiger partial charge in [-0.05, 0) is 25.0 Å². The third kappa shape index (κ3) is 4.90. The number of hydrogen-bond donors (Lipinski definition) is 2. The van der Waals surface area contributed by atoms with Gasteiger partial charge in [-0.1, -0.05) is 43.0 Å². The smallest absolute Gasteiger partial charge is 0.241 e. The third-order valence-corrected chi connectivity index (χ3v) is 6.10. The second-order valence-corrected chi connectivity index (χ2v) is 8.15. The lowest BCUT2D eigenvalue weighted by Gasteiger charge is -2.16. The van der Waals surface area contributed by atoms with Gasteiger partial charge in [-0.25, -0.2) is 13.1 Å². The maximum absolute atomic E-state index is 12.7. The summed E-state index contributed by atoms with van der Waals surface area (Å²) in [5.74, 6) is 0.442. The fourth-order valence-electron chi connectivity index (χ4n) is 3.28. The molecule has 0 saturated heterocycles. The Morgan fingerprint density at radius 3 is 2.52 bits per heavy atom. The van der Waals surface area contributed by atoms with Crippen LogP contribution in [0.25, 0.3) is 11.3 Å². The summed E-state index contributed by atoms with van der Waals surface area (Å²) < 4.78 is 33.1. The van der Waals surface area contributed by atoms with Crippen LogP contribution in [0.3, 0.4) is 0 Å². The Kier molecular flexibility index (Phi) is 6.23. The van der Waals surface area contributed by atoms with Gasteiger partial charge in [0.15, 0.2) is 5.76 Å². The lowest BCUT2D eigenvalue weighted by Crippen LogP contribution is -2.37. The van der Waals surface area contributed by atoms with Gasteiger partial charge in [-0.15, -0.1) is 0 Å². The Hall–Kier alpha value is -1.70. The van der Waals surface area contributed by atoms with Crippen molar-refractivity contribution in [1.82, 2.24) is 15.2 Å². The van der Waals surface area contributed by atoms with Crippen molar-refractivity contribution >= 4 is 10.0 Å². The fourth-order valence-corrected chi connectivity index (χ4v) is 4.52. The van der Waals surface area contributed by atoms with Crippen LogP contribution in [0.2, 0.25) is 0 Å². The molecule has 1 aliphatic rings. The molecule has 2 N–H and O–H groups in total. The van der Waals surface area contributed by atoms with Crippen LogP contribution in [0.15, 0.2) is 45.9 Å². The van der Waals surface area contributed by atoms with Crippen molar-refractivity contribution in [3.63, 3.8) is 0 Å². The molecule has 0 aliphatic heterocycles. The molecule has 1 aromatic heterocycles. The van der Waals surface area contributed by atoms with Gasteiger partial charge in [0, 0.05) is 30.8 Å². The molecule has 1 saturated carbocycles. The van der Waals surface area contributed by atoms with Crippen LogP contribution in [0.4, 0.5) is 0 Å². The van der Waals surface area contributed by atoms with E-state index in [1.807, 2.05) is 0 Å². The second-order valence-electron chi connectivity index (χ2n) is 6.41. The largest absolute Gasteiger partial charge is 0.356 e. The van der Waals surface area contributed by atoms with Gasteiger partial charge >= 0.3 is 0 Å². The summed E-state index contributed by atoms with van der Waals surface area (Å²) in [6, 6.07) is 8.95. The van der Waals surface area contributed by atoms with Crippen LogP contribution in [0.5, 0.6) is 0 Å². The molecule has 0 amide bonds. The normalized spacial score (nSPS) is 16.6. The number of sulfonamides is 1. The lowest BCUT2D eigenvalue weighted by molar-refractivity contribution is 0.431. The molecular formula is C18H25N3O3S. The van der Waals surface area contributed by atoms with E-state index < -0.39 is 10.0 Å². The average Bonchev–Trinajstić information content (AvgIpc) is 3.03. The van der Waals surface area contributed by atoms with Crippen LogP contribution < -0.4 is 10.0 Å². The predicted molar refractivity (Wildman–Crippen MR) is 96.6 cm³/mol. The number of benzene rings is 1. The van der Waals surface area contributed by atoms with Gasteiger partial charge in [0.25, 0.3) is 0 Å². The summed E-state index contributed by atoms with van der Waals surface area (Å²) in [4.78, 5) is 0.209. The zero-order valence-corrected chi connectivity index (χ0v) is 15.1. The second kappa shape index (κ2) is 8.60. The van der Waals surface area contributed by atoms with E-state index in [-0.39, 0.29) is 4.90 Å². The van der Waals surface area contributed by atoms with Crippen LogP contribution >= 0.6 is 0 Å². The van der Waals surface area contributed by atoms with E-state index in [1.165, 1.54) is 44.7 Å². The minimum absolute atomic E-state index is 0.209. The van der Waals surface area contributed by atoms with Crippen molar-refractivity contribution in [3.8, 4) is 11.3 Å². The van der Waals surface area contributed by atoms with E-state index in [9.17, 15) is 8.42 Å². The van der Waals surface area contributed by atoms with E-state index in [2.05, 4.69) is 15.2 Å². The maximum atomic E-state index is 12.7. The minimum Gasteiger partial charge on any atom is -0.356 e. The molecule has 0 unspecified atom stereocenters. The average molecular weight is 363 g/mol. The summed E-state index contributed by atoms with van der Waals surface area (Å²) in [5, 5.41) is 7.13. The van der Waals surface area contributed by atoms with Crippen LogP contribution in [0.1, 0.15) is 38.5 Å². The molecule has 1 fully saturated rings. The van der Waals surface area contributed by atoms with Crippen molar-refractivity contribution in [1.29, 1.82) is 0 Å². The first-order valence-corrected chi connectivity index (χ1v) is 10.4. The van der Waals surface area contributed by atoms with Crippen molar-refractivity contribution in [2.75, 3.05) is 13.1 Å². The Bertz CT molecular complexity index is 752. The van der Waals surface area contributed by atoms with Gasteiger partial charge < -0.3 is 9.84 Å². The molecule has 2 aromatic rings. The predicted octanol–water partition coefficient (Wildman–Crippen LogP) is 2.93. The van der Waals surface area contributed by atoms with Gasteiger partial charge in [0.2, 0.25) is 10.0 Å². The molecule has 6 nitrogen and oxygen atoms in total. The summed E-state index contributed by atoms with van der Waals surface area (Å²) in [7, 11) is -3.60. The van der Waals surface area contributed by atoms with Crippen molar-refractivity contribution < 1.29 is 12.9 Å². The maximum Gasteiger partial charge on any atom is 0.241 e. The minimum atomic E-state index is -3.60. The summed E-state index contributed by atoms with van der Waals surface area (Å²) in [6.07, 6.45) is 9.00. The summed E-state index contributed by atoms with van der Waals surface area (Å²) in [6.45, 7) is 0.998.